The molecule has 5 nitrogen and oxygen atoms in total. The van der Waals surface area contributed by atoms with Crippen molar-refractivity contribution in [3.8, 4) is 22.8 Å². The highest BCUT2D eigenvalue weighted by molar-refractivity contribution is 5.77. The number of fused-ring (bicyclic) bond motifs is 7. The maximum atomic E-state index is 6.78. The summed E-state index contributed by atoms with van der Waals surface area (Å²) in [5.74, 6) is 2.76. The van der Waals surface area contributed by atoms with E-state index in [9.17, 15) is 0 Å². The molecule has 2 unspecified atom stereocenters. The second-order valence-electron chi connectivity index (χ2n) is 10.3. The summed E-state index contributed by atoms with van der Waals surface area (Å²) in [5, 5.41) is 3.38. The maximum absolute atomic E-state index is 6.78. The predicted molar refractivity (Wildman–Crippen MR) is 155 cm³/mol. The Morgan fingerprint density at radius 3 is 2.79 bits per heavy atom. The summed E-state index contributed by atoms with van der Waals surface area (Å²) >= 11 is 0. The van der Waals surface area contributed by atoms with Gasteiger partial charge in [0.15, 0.2) is 0 Å². The summed E-state index contributed by atoms with van der Waals surface area (Å²) in [7, 11) is 0. The third-order valence-corrected chi connectivity index (χ3v) is 8.15. The van der Waals surface area contributed by atoms with Gasteiger partial charge in [-0.1, -0.05) is 60.7 Å². The summed E-state index contributed by atoms with van der Waals surface area (Å²) in [4.78, 5) is 4.60. The van der Waals surface area contributed by atoms with E-state index in [4.69, 9.17) is 15.2 Å². The van der Waals surface area contributed by atoms with Crippen LogP contribution in [0.15, 0.2) is 114 Å². The van der Waals surface area contributed by atoms with Crippen molar-refractivity contribution >= 4 is 5.70 Å². The van der Waals surface area contributed by atoms with E-state index in [0.717, 1.165) is 76.7 Å². The van der Waals surface area contributed by atoms with E-state index in [0.29, 0.717) is 0 Å². The molecule has 194 valence electrons. The Kier molecular flexibility index (Phi) is 5.66. The SMILES string of the molecule is CCN/C(=C\N)c1ccc2c(c1)Oc1cc(-c3ccccn3)ccc1C21C2=CC=CCC2OC2=C1C=CCC2. The highest BCUT2D eigenvalue weighted by atomic mass is 16.5. The number of ether oxygens (including phenoxy) is 2. The van der Waals surface area contributed by atoms with Gasteiger partial charge in [-0.2, -0.15) is 0 Å². The Bertz CT molecular complexity index is 1610. The molecule has 0 bridgehead atoms. The zero-order chi connectivity index (χ0) is 26.4. The van der Waals surface area contributed by atoms with Gasteiger partial charge in [-0.25, -0.2) is 0 Å². The minimum absolute atomic E-state index is 0.0181. The second kappa shape index (κ2) is 9.35. The van der Waals surface area contributed by atoms with Crippen LogP contribution in [0.25, 0.3) is 17.0 Å². The van der Waals surface area contributed by atoms with Gasteiger partial charge in [-0.15, -0.1) is 0 Å². The Morgan fingerprint density at radius 1 is 1.10 bits per heavy atom. The molecule has 1 aromatic heterocycles. The third-order valence-electron chi connectivity index (χ3n) is 8.15. The average molecular weight is 514 g/mol. The molecule has 0 saturated carbocycles. The van der Waals surface area contributed by atoms with Gasteiger partial charge in [-0.3, -0.25) is 4.98 Å². The number of nitrogens with one attached hydrogen (secondary N) is 1. The molecule has 0 amide bonds. The number of rotatable bonds is 4. The van der Waals surface area contributed by atoms with Crippen LogP contribution >= 0.6 is 0 Å². The summed E-state index contributed by atoms with van der Waals surface area (Å²) in [6.07, 6.45) is 17.3. The fraction of sp³-hybridized carbons (Fsp3) is 0.206. The van der Waals surface area contributed by atoms with Crippen LogP contribution in [-0.4, -0.2) is 17.6 Å². The van der Waals surface area contributed by atoms with Crippen molar-refractivity contribution in [3.05, 3.63) is 131 Å². The first kappa shape index (κ1) is 23.6. The van der Waals surface area contributed by atoms with Gasteiger partial charge in [0.2, 0.25) is 0 Å². The van der Waals surface area contributed by atoms with Crippen LogP contribution in [0.3, 0.4) is 0 Å². The van der Waals surface area contributed by atoms with Crippen molar-refractivity contribution in [2.45, 2.75) is 37.7 Å². The van der Waals surface area contributed by atoms with Crippen LogP contribution < -0.4 is 15.8 Å². The molecule has 0 fully saturated rings. The lowest BCUT2D eigenvalue weighted by Crippen LogP contribution is -2.45. The maximum Gasteiger partial charge on any atom is 0.132 e. The minimum atomic E-state index is -0.519. The van der Waals surface area contributed by atoms with Crippen molar-refractivity contribution in [3.63, 3.8) is 0 Å². The van der Waals surface area contributed by atoms with E-state index in [2.05, 4.69) is 84.0 Å². The average Bonchev–Trinajstić information content (AvgIpc) is 2.99. The Labute approximate surface area is 229 Å². The molecular weight excluding hydrogens is 482 g/mol. The normalized spacial score (nSPS) is 22.6. The summed E-state index contributed by atoms with van der Waals surface area (Å²) in [6.45, 7) is 2.85. The first-order chi connectivity index (χ1) is 19.2. The lowest BCUT2D eigenvalue weighted by Gasteiger charge is -2.50. The van der Waals surface area contributed by atoms with Gasteiger partial charge < -0.3 is 20.5 Å². The lowest BCUT2D eigenvalue weighted by molar-refractivity contribution is 0.109. The molecule has 3 aromatic rings. The number of allylic oxidation sites excluding steroid dienone is 6. The van der Waals surface area contributed by atoms with Crippen LogP contribution in [0.5, 0.6) is 11.5 Å². The van der Waals surface area contributed by atoms with Gasteiger partial charge in [0, 0.05) is 59.6 Å². The van der Waals surface area contributed by atoms with Gasteiger partial charge in [-0.05, 0) is 43.2 Å². The molecule has 39 heavy (non-hydrogen) atoms. The molecule has 7 rings (SSSR count). The monoisotopic (exact) mass is 513 g/mol. The highest BCUT2D eigenvalue weighted by Gasteiger charge is 2.54. The van der Waals surface area contributed by atoms with Crippen LogP contribution in [-0.2, 0) is 10.2 Å². The zero-order valence-corrected chi connectivity index (χ0v) is 22.0. The van der Waals surface area contributed by atoms with Crippen LogP contribution in [0, 0.1) is 0 Å². The smallest absolute Gasteiger partial charge is 0.132 e. The quantitative estimate of drug-likeness (QED) is 0.397. The van der Waals surface area contributed by atoms with Crippen LogP contribution in [0.2, 0.25) is 0 Å². The number of hydrogen-bond acceptors (Lipinski definition) is 5. The van der Waals surface area contributed by atoms with Crippen molar-refractivity contribution < 1.29 is 9.47 Å². The molecule has 2 atom stereocenters. The van der Waals surface area contributed by atoms with E-state index in [1.807, 2.05) is 24.4 Å². The lowest BCUT2D eigenvalue weighted by atomic mass is 9.58. The fourth-order valence-corrected chi connectivity index (χ4v) is 6.52. The molecule has 0 saturated heterocycles. The van der Waals surface area contributed by atoms with Crippen molar-refractivity contribution in [2.75, 3.05) is 6.54 Å². The van der Waals surface area contributed by atoms with Crippen molar-refractivity contribution in [2.24, 2.45) is 5.73 Å². The highest BCUT2D eigenvalue weighted by Crippen LogP contribution is 2.61. The Hall–Kier alpha value is -4.51. The zero-order valence-electron chi connectivity index (χ0n) is 22.0. The molecule has 3 heterocycles. The fourth-order valence-electron chi connectivity index (χ4n) is 6.52. The summed E-state index contributed by atoms with van der Waals surface area (Å²) < 4.78 is 13.5. The van der Waals surface area contributed by atoms with Crippen molar-refractivity contribution in [1.29, 1.82) is 0 Å². The molecule has 2 aromatic carbocycles. The first-order valence-corrected chi connectivity index (χ1v) is 13.7. The van der Waals surface area contributed by atoms with Gasteiger partial charge >= 0.3 is 0 Å². The number of benzene rings is 2. The first-order valence-electron chi connectivity index (χ1n) is 13.7. The van der Waals surface area contributed by atoms with E-state index >= 15 is 0 Å². The molecule has 0 radical (unpaired) electrons. The van der Waals surface area contributed by atoms with E-state index in [1.165, 1.54) is 11.1 Å². The Balaban J connectivity index is 1.53. The molecule has 3 N–H and O–H groups in total. The standard InChI is InChI=1S/C34H31N3O2/c1-2-36-29(21-35)23-15-17-27-33(20-23)39-32-19-22(28-11-7-8-18-37-28)14-16-26(32)34(27)24-9-3-5-12-30(24)38-31-13-6-4-10-25(31)34/h3-5,7-11,14-21,30,36H,2,6,12-13,35H2,1H3/b29-21-. The molecular formula is C34H31N3O2. The number of nitrogens with zero attached hydrogens (tertiary/aromatic N) is 1. The molecule has 1 spiro atoms. The van der Waals surface area contributed by atoms with Crippen molar-refractivity contribution in [1.82, 2.24) is 10.3 Å². The van der Waals surface area contributed by atoms with E-state index < -0.39 is 5.41 Å². The number of hydrogen-bond donors (Lipinski definition) is 2. The number of pyridine rings is 1. The topological polar surface area (TPSA) is 69.4 Å². The second-order valence-corrected chi connectivity index (χ2v) is 10.3. The predicted octanol–water partition coefficient (Wildman–Crippen LogP) is 6.90. The number of nitrogens with two attached hydrogens (primary N) is 1. The Morgan fingerprint density at radius 2 is 1.97 bits per heavy atom. The number of aromatic nitrogens is 1. The molecule has 4 aliphatic rings. The van der Waals surface area contributed by atoms with Crippen LogP contribution in [0.1, 0.15) is 42.9 Å². The van der Waals surface area contributed by atoms with Gasteiger partial charge in [0.05, 0.1) is 16.8 Å². The largest absolute Gasteiger partial charge is 0.490 e. The summed E-state index contributed by atoms with van der Waals surface area (Å²) in [5.41, 5.74) is 14.0. The van der Waals surface area contributed by atoms with E-state index in [1.54, 1.807) is 6.20 Å². The van der Waals surface area contributed by atoms with Gasteiger partial charge in [0.25, 0.3) is 0 Å². The minimum Gasteiger partial charge on any atom is -0.490 e. The third kappa shape index (κ3) is 3.57. The van der Waals surface area contributed by atoms with Gasteiger partial charge in [0.1, 0.15) is 23.4 Å². The molecule has 5 heteroatoms. The summed E-state index contributed by atoms with van der Waals surface area (Å²) in [6, 6.07) is 19.0. The molecule has 2 aliphatic carbocycles. The molecule has 2 aliphatic heterocycles. The van der Waals surface area contributed by atoms with Crippen LogP contribution in [0.4, 0.5) is 0 Å². The van der Waals surface area contributed by atoms with E-state index in [-0.39, 0.29) is 6.10 Å².